The first-order valence-electron chi connectivity index (χ1n) is 8.16. The number of hydrogen-bond donors (Lipinski definition) is 1. The van der Waals surface area contributed by atoms with Gasteiger partial charge in [0.2, 0.25) is 0 Å². The monoisotopic (exact) mass is 401 g/mol. The van der Waals surface area contributed by atoms with Gasteiger partial charge >= 0.3 is 0 Å². The van der Waals surface area contributed by atoms with E-state index in [0.29, 0.717) is 15.5 Å². The lowest BCUT2D eigenvalue weighted by Gasteiger charge is -2.13. The number of imide groups is 1. The molecule has 1 saturated heterocycles. The van der Waals surface area contributed by atoms with Crippen molar-refractivity contribution in [2.24, 2.45) is 0 Å². The maximum absolute atomic E-state index is 12.4. The average molecular weight is 402 g/mol. The van der Waals surface area contributed by atoms with Crippen LogP contribution >= 0.6 is 23.4 Å². The number of nitrogens with zero attached hydrogens (tertiary/aromatic N) is 2. The number of halogens is 1. The molecule has 0 aliphatic carbocycles. The second-order valence-electron chi connectivity index (χ2n) is 5.83. The molecule has 6 nitrogen and oxygen atoms in total. The molecule has 1 aromatic carbocycles. The van der Waals surface area contributed by atoms with Gasteiger partial charge in [-0.25, -0.2) is 0 Å². The van der Waals surface area contributed by atoms with Gasteiger partial charge in [0.05, 0.1) is 10.5 Å². The summed E-state index contributed by atoms with van der Waals surface area (Å²) in [5.41, 5.74) is 2.03. The molecule has 2 heterocycles. The summed E-state index contributed by atoms with van der Waals surface area (Å²) >= 11 is 6.72. The van der Waals surface area contributed by atoms with Gasteiger partial charge in [0, 0.05) is 30.0 Å². The van der Waals surface area contributed by atoms with E-state index in [-0.39, 0.29) is 30.1 Å². The number of amides is 3. The molecule has 0 bridgehead atoms. The summed E-state index contributed by atoms with van der Waals surface area (Å²) in [6.07, 6.45) is 3.14. The van der Waals surface area contributed by atoms with E-state index in [2.05, 4.69) is 10.3 Å². The van der Waals surface area contributed by atoms with E-state index >= 15 is 0 Å². The van der Waals surface area contributed by atoms with Crippen LogP contribution in [0.3, 0.4) is 0 Å². The van der Waals surface area contributed by atoms with E-state index in [9.17, 15) is 14.4 Å². The molecule has 1 N–H and O–H groups in total. The van der Waals surface area contributed by atoms with E-state index in [4.69, 9.17) is 11.6 Å². The highest BCUT2D eigenvalue weighted by Gasteiger charge is 2.34. The van der Waals surface area contributed by atoms with Crippen molar-refractivity contribution in [3.63, 3.8) is 0 Å². The topological polar surface area (TPSA) is 79.4 Å². The predicted octanol–water partition coefficient (Wildman–Crippen LogP) is 3.51. The van der Waals surface area contributed by atoms with Crippen LogP contribution in [0.25, 0.3) is 6.08 Å². The van der Waals surface area contributed by atoms with Gasteiger partial charge < -0.3 is 5.32 Å². The fourth-order valence-electron chi connectivity index (χ4n) is 2.39. The second kappa shape index (κ2) is 8.37. The third-order valence-electron chi connectivity index (χ3n) is 3.84. The van der Waals surface area contributed by atoms with Crippen LogP contribution < -0.4 is 5.32 Å². The number of hydrogen-bond acceptors (Lipinski definition) is 5. The van der Waals surface area contributed by atoms with Gasteiger partial charge in [0.25, 0.3) is 17.1 Å². The van der Waals surface area contributed by atoms with E-state index in [0.717, 1.165) is 27.9 Å². The van der Waals surface area contributed by atoms with Crippen LogP contribution in [0.15, 0.2) is 47.5 Å². The summed E-state index contributed by atoms with van der Waals surface area (Å²) in [5, 5.41) is 2.93. The maximum atomic E-state index is 12.4. The predicted molar refractivity (Wildman–Crippen MR) is 105 cm³/mol. The van der Waals surface area contributed by atoms with Crippen molar-refractivity contribution in [1.29, 1.82) is 0 Å². The van der Waals surface area contributed by atoms with Gasteiger partial charge in [-0.2, -0.15) is 0 Å². The molecule has 0 radical (unpaired) electrons. The molecule has 0 spiro atoms. The van der Waals surface area contributed by atoms with Crippen LogP contribution in [0.4, 0.5) is 4.79 Å². The molecule has 0 atom stereocenters. The third kappa shape index (κ3) is 4.75. The zero-order valence-electron chi connectivity index (χ0n) is 14.4. The molecule has 27 heavy (non-hydrogen) atoms. The highest BCUT2D eigenvalue weighted by molar-refractivity contribution is 8.18. The third-order valence-corrected chi connectivity index (χ3v) is 5.00. The van der Waals surface area contributed by atoms with Crippen LogP contribution in [0, 0.1) is 6.92 Å². The zero-order chi connectivity index (χ0) is 19.4. The van der Waals surface area contributed by atoms with Crippen molar-refractivity contribution in [3.8, 4) is 0 Å². The fourth-order valence-corrected chi connectivity index (χ4v) is 3.38. The molecule has 0 saturated carbocycles. The Morgan fingerprint density at radius 2 is 1.96 bits per heavy atom. The summed E-state index contributed by atoms with van der Waals surface area (Å²) in [6.45, 7) is 2.10. The summed E-state index contributed by atoms with van der Waals surface area (Å²) in [5.74, 6) is -0.669. The molecule has 0 unspecified atom stereocenters. The van der Waals surface area contributed by atoms with Crippen LogP contribution in [-0.4, -0.2) is 40.0 Å². The minimum atomic E-state index is -0.369. The summed E-state index contributed by atoms with van der Waals surface area (Å²) in [4.78, 5) is 42.1. The smallest absolute Gasteiger partial charge is 0.293 e. The largest absolute Gasteiger partial charge is 0.350 e. The molecule has 2 aromatic rings. The van der Waals surface area contributed by atoms with E-state index < -0.39 is 0 Å². The Balaban J connectivity index is 1.58. The molecule has 138 valence electrons. The molecule has 1 fully saturated rings. The van der Waals surface area contributed by atoms with Gasteiger partial charge in [-0.1, -0.05) is 23.7 Å². The standard InChI is InChI=1S/C19H16ClN3O3S/c1-12-2-5-14(11-22-12)17(24)21-8-9-23-18(25)16(27-19(23)26)10-13-3-6-15(20)7-4-13/h2-7,10-11H,8-9H2,1H3,(H,21,24)/b16-10-. The van der Waals surface area contributed by atoms with Crippen LogP contribution in [-0.2, 0) is 4.79 Å². The van der Waals surface area contributed by atoms with E-state index in [1.165, 1.54) is 6.20 Å². The lowest BCUT2D eigenvalue weighted by molar-refractivity contribution is -0.122. The number of benzene rings is 1. The van der Waals surface area contributed by atoms with Crippen molar-refractivity contribution in [1.82, 2.24) is 15.2 Å². The van der Waals surface area contributed by atoms with Crippen LogP contribution in [0.2, 0.25) is 5.02 Å². The molecular formula is C19H16ClN3O3S. The lowest BCUT2D eigenvalue weighted by atomic mass is 10.2. The Hall–Kier alpha value is -2.64. The normalized spacial score (nSPS) is 15.5. The minimum absolute atomic E-state index is 0.105. The number of pyridine rings is 1. The molecule has 3 amide bonds. The molecular weight excluding hydrogens is 386 g/mol. The molecule has 8 heteroatoms. The van der Waals surface area contributed by atoms with Crippen molar-refractivity contribution in [2.75, 3.05) is 13.1 Å². The van der Waals surface area contributed by atoms with Gasteiger partial charge in [0.15, 0.2) is 0 Å². The number of thioether (sulfide) groups is 1. The number of carbonyl (C=O) groups is 3. The van der Waals surface area contributed by atoms with Crippen molar-refractivity contribution in [2.45, 2.75) is 6.92 Å². The number of aryl methyl sites for hydroxylation is 1. The Morgan fingerprint density at radius 1 is 1.22 bits per heavy atom. The highest BCUT2D eigenvalue weighted by Crippen LogP contribution is 2.32. The van der Waals surface area contributed by atoms with Crippen LogP contribution in [0.5, 0.6) is 0 Å². The minimum Gasteiger partial charge on any atom is -0.350 e. The summed E-state index contributed by atoms with van der Waals surface area (Å²) in [7, 11) is 0. The van der Waals surface area contributed by atoms with Gasteiger partial charge in [0.1, 0.15) is 0 Å². The highest BCUT2D eigenvalue weighted by atomic mass is 35.5. The quantitative estimate of drug-likeness (QED) is 0.775. The summed E-state index contributed by atoms with van der Waals surface area (Å²) < 4.78 is 0. The summed E-state index contributed by atoms with van der Waals surface area (Å²) in [6, 6.07) is 10.4. The molecule has 1 aliphatic heterocycles. The van der Waals surface area contributed by atoms with Gasteiger partial charge in [-0.05, 0) is 54.6 Å². The van der Waals surface area contributed by atoms with Crippen molar-refractivity contribution in [3.05, 3.63) is 69.3 Å². The SMILES string of the molecule is Cc1ccc(C(=O)NCCN2C(=O)S/C(=C\c3ccc(Cl)cc3)C2=O)cn1. The molecule has 3 rings (SSSR count). The average Bonchev–Trinajstić information content (AvgIpc) is 2.91. The van der Waals surface area contributed by atoms with E-state index in [1.807, 2.05) is 6.92 Å². The van der Waals surface area contributed by atoms with Crippen LogP contribution in [0.1, 0.15) is 21.6 Å². The number of rotatable bonds is 5. The Morgan fingerprint density at radius 3 is 2.63 bits per heavy atom. The molecule has 1 aromatic heterocycles. The lowest BCUT2D eigenvalue weighted by Crippen LogP contribution is -2.37. The Kier molecular flexibility index (Phi) is 5.93. The van der Waals surface area contributed by atoms with Crippen molar-refractivity contribution >= 4 is 46.5 Å². The maximum Gasteiger partial charge on any atom is 0.293 e. The van der Waals surface area contributed by atoms with Crippen molar-refractivity contribution < 1.29 is 14.4 Å². The number of nitrogens with one attached hydrogen (secondary N) is 1. The van der Waals surface area contributed by atoms with Gasteiger partial charge in [-0.3, -0.25) is 24.3 Å². The molecule has 1 aliphatic rings. The Bertz CT molecular complexity index is 911. The van der Waals surface area contributed by atoms with Gasteiger partial charge in [-0.15, -0.1) is 0 Å². The zero-order valence-corrected chi connectivity index (χ0v) is 16.0. The first-order valence-corrected chi connectivity index (χ1v) is 9.35. The number of aromatic nitrogens is 1. The number of carbonyl (C=O) groups excluding carboxylic acids is 3. The second-order valence-corrected chi connectivity index (χ2v) is 7.26. The first-order chi connectivity index (χ1) is 12.9. The van der Waals surface area contributed by atoms with E-state index in [1.54, 1.807) is 42.5 Å². The first kappa shape index (κ1) is 19.1. The Labute approximate surface area is 165 Å². The fraction of sp³-hybridized carbons (Fsp3) is 0.158.